The molecule has 0 bridgehead atoms. The Bertz CT molecular complexity index is 1370. The summed E-state index contributed by atoms with van der Waals surface area (Å²) in [7, 11) is 0. The number of fused-ring (bicyclic) bond motifs is 1. The Hall–Kier alpha value is -3.69. The number of carbonyl (C=O) groups is 3. The normalized spacial score (nSPS) is 22.9. The van der Waals surface area contributed by atoms with Crippen LogP contribution in [0.25, 0.3) is 6.08 Å². The average Bonchev–Trinajstić information content (AvgIpc) is 3.59. The molecule has 15 heteroatoms. The molecule has 0 aromatic carbocycles. The van der Waals surface area contributed by atoms with Gasteiger partial charge >= 0.3 is 5.97 Å². The third-order valence-corrected chi connectivity index (χ3v) is 8.59. The fraction of sp³-hybridized carbons (Fsp3) is 0.261. The summed E-state index contributed by atoms with van der Waals surface area (Å²) in [6.07, 6.45) is 10.2. The summed E-state index contributed by atoms with van der Waals surface area (Å²) in [6.45, 7) is 0. The predicted octanol–water partition coefficient (Wildman–Crippen LogP) is 2.05. The van der Waals surface area contributed by atoms with E-state index >= 15 is 0 Å². The fourth-order valence-electron chi connectivity index (χ4n) is 3.89. The molecule has 0 saturated carbocycles. The van der Waals surface area contributed by atoms with E-state index in [4.69, 9.17) is 10.6 Å². The second-order valence-corrected chi connectivity index (χ2v) is 11.1. The third-order valence-electron chi connectivity index (χ3n) is 5.69. The number of hydrogen-bond acceptors (Lipinski definition) is 12. The first kappa shape index (κ1) is 25.9. The maximum Gasteiger partial charge on any atom is 0.353 e. The van der Waals surface area contributed by atoms with Crippen LogP contribution in [-0.4, -0.2) is 71.1 Å². The number of rotatable bonds is 9. The van der Waals surface area contributed by atoms with Crippen molar-refractivity contribution in [1.82, 2.24) is 24.6 Å². The Morgan fingerprint density at radius 2 is 2.26 bits per heavy atom. The molecule has 1 saturated heterocycles. The van der Waals surface area contributed by atoms with Gasteiger partial charge in [-0.1, -0.05) is 29.1 Å². The molecular weight excluding hydrogens is 550 g/mol. The highest BCUT2D eigenvalue weighted by Gasteiger charge is 2.54. The Morgan fingerprint density at radius 3 is 2.95 bits per heavy atom. The lowest BCUT2D eigenvalue weighted by Crippen LogP contribution is -2.71. The number of thioether (sulfide) groups is 2. The molecule has 1 aliphatic carbocycles. The van der Waals surface area contributed by atoms with Gasteiger partial charge in [0.25, 0.3) is 11.8 Å². The van der Waals surface area contributed by atoms with Gasteiger partial charge in [0.05, 0.1) is 0 Å². The number of oxime groups is 1. The van der Waals surface area contributed by atoms with Crippen molar-refractivity contribution in [3.8, 4) is 0 Å². The van der Waals surface area contributed by atoms with Gasteiger partial charge < -0.3 is 21.0 Å². The number of carboxylic acids is 1. The second-order valence-electron chi connectivity index (χ2n) is 8.19. The quantitative estimate of drug-likeness (QED) is 0.174. The standard InChI is InChI=1S/C23H21N7O5S3/c24-23-27-18(29-38-23)15(28-35-13-5-1-2-6-13)19(31)26-16-20(32)30-17(22(33)34)14(11-37-21(16)30)36-9-7-12-4-3-8-25-10-12/h1,3-5,7-10,13,16,21H,2,6,11H2,(H,26,31)(H,33,34)(H2,24,27,29)/t13?,16?,21-/m0/s1. The van der Waals surface area contributed by atoms with Crippen molar-refractivity contribution in [3.63, 3.8) is 0 Å². The lowest BCUT2D eigenvalue weighted by atomic mass is 10.0. The smallest absolute Gasteiger partial charge is 0.353 e. The van der Waals surface area contributed by atoms with Gasteiger partial charge in [-0.25, -0.2) is 4.79 Å². The summed E-state index contributed by atoms with van der Waals surface area (Å²) >= 11 is 3.49. The zero-order chi connectivity index (χ0) is 26.6. The predicted molar refractivity (Wildman–Crippen MR) is 145 cm³/mol. The van der Waals surface area contributed by atoms with Crippen LogP contribution >= 0.6 is 35.1 Å². The summed E-state index contributed by atoms with van der Waals surface area (Å²) in [4.78, 5) is 53.6. The van der Waals surface area contributed by atoms with Crippen LogP contribution in [0.1, 0.15) is 24.2 Å². The molecule has 2 aliphatic heterocycles. The summed E-state index contributed by atoms with van der Waals surface area (Å²) in [6, 6.07) is 2.72. The number of pyridine rings is 1. The number of nitrogens with one attached hydrogen (secondary N) is 1. The SMILES string of the molecule is Nc1nc(C(=NOC2C=CCC2)C(=O)NC2C(=O)N3C(C(=O)O)=C(SC=Cc4cccnc4)CS[C@@H]23)ns1. The number of allylic oxidation sites excluding steroid dienone is 1. The maximum atomic E-state index is 13.2. The summed E-state index contributed by atoms with van der Waals surface area (Å²) in [5.41, 5.74) is 6.24. The molecule has 0 spiro atoms. The summed E-state index contributed by atoms with van der Waals surface area (Å²) < 4.78 is 4.05. The maximum absolute atomic E-state index is 13.2. The van der Waals surface area contributed by atoms with Crippen molar-refractivity contribution in [2.24, 2.45) is 5.16 Å². The highest BCUT2D eigenvalue weighted by molar-refractivity contribution is 8.08. The topological polar surface area (TPSA) is 173 Å². The van der Waals surface area contributed by atoms with Crippen LogP contribution in [0, 0.1) is 0 Å². The number of nitrogens with zero attached hydrogens (tertiary/aromatic N) is 5. The van der Waals surface area contributed by atoms with Gasteiger partial charge in [0, 0.05) is 34.6 Å². The third kappa shape index (κ3) is 5.44. The van der Waals surface area contributed by atoms with Crippen molar-refractivity contribution in [2.75, 3.05) is 11.5 Å². The van der Waals surface area contributed by atoms with Gasteiger partial charge in [-0.2, -0.15) is 9.36 Å². The van der Waals surface area contributed by atoms with E-state index in [-0.39, 0.29) is 28.5 Å². The molecule has 3 aliphatic rings. The molecule has 2 amide bonds. The van der Waals surface area contributed by atoms with Crippen LogP contribution in [0.15, 0.2) is 57.8 Å². The molecule has 12 nitrogen and oxygen atoms in total. The zero-order valence-electron chi connectivity index (χ0n) is 19.6. The average molecular weight is 572 g/mol. The summed E-state index contributed by atoms with van der Waals surface area (Å²) in [5, 5.41) is 17.8. The van der Waals surface area contributed by atoms with E-state index in [0.29, 0.717) is 10.7 Å². The van der Waals surface area contributed by atoms with Crippen molar-refractivity contribution >= 4 is 69.8 Å². The lowest BCUT2D eigenvalue weighted by Gasteiger charge is -2.49. The monoisotopic (exact) mass is 571 g/mol. The highest BCUT2D eigenvalue weighted by atomic mass is 32.2. The first-order valence-electron chi connectivity index (χ1n) is 11.4. The van der Waals surface area contributed by atoms with Gasteiger partial charge in [0.2, 0.25) is 11.5 Å². The van der Waals surface area contributed by atoms with E-state index < -0.39 is 29.2 Å². The molecule has 4 heterocycles. The van der Waals surface area contributed by atoms with Crippen LogP contribution < -0.4 is 11.1 Å². The molecule has 196 valence electrons. The minimum Gasteiger partial charge on any atom is -0.477 e. The van der Waals surface area contributed by atoms with E-state index in [1.807, 2.05) is 24.3 Å². The Morgan fingerprint density at radius 1 is 1.39 bits per heavy atom. The van der Waals surface area contributed by atoms with Crippen LogP contribution in [0.3, 0.4) is 0 Å². The minimum absolute atomic E-state index is 0.0166. The largest absolute Gasteiger partial charge is 0.477 e. The number of aliphatic carboxylic acids is 1. The number of aromatic nitrogens is 3. The number of hydrogen-bond donors (Lipinski definition) is 3. The molecule has 2 aromatic rings. The number of nitrogens with two attached hydrogens (primary N) is 1. The van der Waals surface area contributed by atoms with Gasteiger partial charge in [0.15, 0.2) is 5.13 Å². The first-order chi connectivity index (χ1) is 18.4. The van der Waals surface area contributed by atoms with Crippen molar-refractivity contribution in [3.05, 3.63) is 64.1 Å². The zero-order valence-corrected chi connectivity index (χ0v) is 22.0. The molecule has 4 N–H and O–H groups in total. The number of nitrogen functional groups attached to an aromatic ring is 1. The van der Waals surface area contributed by atoms with E-state index in [0.717, 1.165) is 29.9 Å². The minimum atomic E-state index is -1.21. The van der Waals surface area contributed by atoms with Crippen LogP contribution in [0.4, 0.5) is 5.13 Å². The molecule has 38 heavy (non-hydrogen) atoms. The number of β-lactam (4-membered cyclic amide) rings is 1. The molecule has 5 rings (SSSR count). The van der Waals surface area contributed by atoms with E-state index in [9.17, 15) is 19.5 Å². The first-order valence-corrected chi connectivity index (χ1v) is 14.1. The number of carbonyl (C=O) groups excluding carboxylic acids is 2. The van der Waals surface area contributed by atoms with E-state index in [2.05, 4.69) is 24.8 Å². The van der Waals surface area contributed by atoms with Crippen LogP contribution in [0.5, 0.6) is 0 Å². The molecular formula is C23H21N7O5S3. The molecule has 2 aromatic heterocycles. The molecule has 3 atom stereocenters. The van der Waals surface area contributed by atoms with Crippen LogP contribution in [0.2, 0.25) is 0 Å². The van der Waals surface area contributed by atoms with Crippen molar-refractivity contribution < 1.29 is 24.3 Å². The second kappa shape index (κ2) is 11.4. The number of amides is 2. The highest BCUT2D eigenvalue weighted by Crippen LogP contribution is 2.43. The van der Waals surface area contributed by atoms with Gasteiger partial charge in [-0.15, -0.1) is 11.8 Å². The molecule has 2 unspecified atom stereocenters. The van der Waals surface area contributed by atoms with Crippen LogP contribution in [-0.2, 0) is 19.2 Å². The van der Waals surface area contributed by atoms with Gasteiger partial charge in [0.1, 0.15) is 23.2 Å². The number of carboxylic acid groups (broad SMARTS) is 1. The van der Waals surface area contributed by atoms with Gasteiger partial charge in [-0.3, -0.25) is 19.5 Å². The van der Waals surface area contributed by atoms with E-state index in [1.54, 1.807) is 23.9 Å². The van der Waals surface area contributed by atoms with Gasteiger partial charge in [-0.05, 0) is 42.0 Å². The Labute approximate surface area is 229 Å². The Balaban J connectivity index is 1.30. The van der Waals surface area contributed by atoms with Crippen molar-refractivity contribution in [1.29, 1.82) is 0 Å². The number of anilines is 1. The van der Waals surface area contributed by atoms with E-state index in [1.165, 1.54) is 28.4 Å². The molecule has 1 fully saturated rings. The summed E-state index contributed by atoms with van der Waals surface area (Å²) in [5.74, 6) is -2.13. The van der Waals surface area contributed by atoms with Crippen molar-refractivity contribution in [2.45, 2.75) is 30.4 Å². The fourth-order valence-corrected chi connectivity index (χ4v) is 6.68. The molecule has 0 radical (unpaired) electrons. The lowest BCUT2D eigenvalue weighted by molar-refractivity contribution is -0.150. The Kier molecular flexibility index (Phi) is 7.76.